The molecule has 5 nitrogen and oxygen atoms in total. The average Bonchev–Trinajstić information content (AvgIpc) is 2.34. The maximum Gasteiger partial charge on any atom is 0.275 e. The highest BCUT2D eigenvalue weighted by Gasteiger charge is 2.08. The minimum atomic E-state index is -0.353. The maximum absolute atomic E-state index is 11.7. The van der Waals surface area contributed by atoms with Crippen LogP contribution in [0.15, 0.2) is 41.2 Å². The molecule has 0 bridgehead atoms. The fourth-order valence-electron chi connectivity index (χ4n) is 1.53. The van der Waals surface area contributed by atoms with Gasteiger partial charge in [0.1, 0.15) is 11.4 Å². The second-order valence-electron chi connectivity index (χ2n) is 3.59. The van der Waals surface area contributed by atoms with Crippen molar-refractivity contribution >= 4 is 0 Å². The summed E-state index contributed by atoms with van der Waals surface area (Å²) in [5.74, 6) is -0.0865. The Labute approximate surface area is 98.3 Å². The van der Waals surface area contributed by atoms with Crippen LogP contribution in [0.3, 0.4) is 0 Å². The first-order valence-corrected chi connectivity index (χ1v) is 5.24. The molecule has 0 saturated heterocycles. The average molecular weight is 231 g/mol. The van der Waals surface area contributed by atoms with E-state index in [4.69, 9.17) is 0 Å². The van der Waals surface area contributed by atoms with E-state index in [2.05, 4.69) is 10.4 Å². The van der Waals surface area contributed by atoms with Crippen molar-refractivity contribution in [2.24, 2.45) is 0 Å². The Kier molecular flexibility index (Phi) is 3.20. The molecule has 88 valence electrons. The van der Waals surface area contributed by atoms with Crippen LogP contribution in [0, 0.1) is 0 Å². The van der Waals surface area contributed by atoms with Gasteiger partial charge in [-0.1, -0.05) is 18.2 Å². The number of nitrogens with one attached hydrogen (secondary N) is 1. The molecule has 5 heteroatoms. The Morgan fingerprint density at radius 3 is 2.71 bits per heavy atom. The molecule has 0 amide bonds. The van der Waals surface area contributed by atoms with Gasteiger partial charge in [0.05, 0.1) is 5.69 Å². The van der Waals surface area contributed by atoms with E-state index in [9.17, 15) is 9.90 Å². The van der Waals surface area contributed by atoms with Crippen LogP contribution >= 0.6 is 0 Å². The Bertz CT molecular complexity index is 564. The summed E-state index contributed by atoms with van der Waals surface area (Å²) >= 11 is 0. The van der Waals surface area contributed by atoms with E-state index < -0.39 is 0 Å². The Morgan fingerprint density at radius 2 is 2.06 bits per heavy atom. The fraction of sp³-hybridized carbons (Fsp3) is 0.167. The third kappa shape index (κ3) is 2.34. The molecule has 2 rings (SSSR count). The van der Waals surface area contributed by atoms with E-state index in [1.807, 2.05) is 18.2 Å². The molecule has 0 aliphatic rings. The summed E-state index contributed by atoms with van der Waals surface area (Å²) in [5, 5.41) is 16.6. The first kappa shape index (κ1) is 11.3. The van der Waals surface area contributed by atoms with Crippen molar-refractivity contribution in [2.75, 3.05) is 7.05 Å². The van der Waals surface area contributed by atoms with Crippen molar-refractivity contribution in [3.63, 3.8) is 0 Å². The van der Waals surface area contributed by atoms with Crippen molar-refractivity contribution in [1.29, 1.82) is 0 Å². The first-order chi connectivity index (χ1) is 8.22. The molecule has 1 aromatic carbocycles. The SMILES string of the molecule is CNCc1nn(-c2ccccc2)c(=O)cc1O. The number of hydrogen-bond donors (Lipinski definition) is 2. The number of aromatic hydroxyl groups is 1. The molecule has 1 aromatic heterocycles. The lowest BCUT2D eigenvalue weighted by molar-refractivity contribution is 0.454. The zero-order chi connectivity index (χ0) is 12.3. The number of aromatic nitrogens is 2. The van der Waals surface area contributed by atoms with E-state index in [-0.39, 0.29) is 11.3 Å². The van der Waals surface area contributed by atoms with Gasteiger partial charge in [-0.25, -0.2) is 0 Å². The number of benzene rings is 1. The topological polar surface area (TPSA) is 67.2 Å². The van der Waals surface area contributed by atoms with Gasteiger partial charge in [-0.3, -0.25) is 4.79 Å². The second kappa shape index (κ2) is 4.80. The highest BCUT2D eigenvalue weighted by molar-refractivity contribution is 5.32. The van der Waals surface area contributed by atoms with Crippen LogP contribution in [0.1, 0.15) is 5.69 Å². The van der Waals surface area contributed by atoms with Gasteiger partial charge < -0.3 is 10.4 Å². The predicted molar refractivity (Wildman–Crippen MR) is 64.3 cm³/mol. The van der Waals surface area contributed by atoms with Gasteiger partial charge in [0.15, 0.2) is 0 Å². The third-order valence-electron chi connectivity index (χ3n) is 2.33. The van der Waals surface area contributed by atoms with Gasteiger partial charge in [-0.15, -0.1) is 0 Å². The van der Waals surface area contributed by atoms with Crippen molar-refractivity contribution < 1.29 is 5.11 Å². The predicted octanol–water partition coefficient (Wildman–Crippen LogP) is 0.657. The van der Waals surface area contributed by atoms with Crippen molar-refractivity contribution in [3.05, 3.63) is 52.4 Å². The van der Waals surface area contributed by atoms with Crippen LogP contribution in [0.4, 0.5) is 0 Å². The van der Waals surface area contributed by atoms with Gasteiger partial charge in [0.2, 0.25) is 0 Å². The van der Waals surface area contributed by atoms with E-state index in [0.717, 1.165) is 0 Å². The number of hydrogen-bond acceptors (Lipinski definition) is 4. The van der Waals surface area contributed by atoms with E-state index >= 15 is 0 Å². The van der Waals surface area contributed by atoms with Crippen molar-refractivity contribution in [1.82, 2.24) is 15.1 Å². The molecule has 0 atom stereocenters. The van der Waals surface area contributed by atoms with Crippen LogP contribution in [-0.2, 0) is 6.54 Å². The molecule has 1 heterocycles. The first-order valence-electron chi connectivity index (χ1n) is 5.24. The summed E-state index contributed by atoms with van der Waals surface area (Å²) < 4.78 is 1.27. The van der Waals surface area contributed by atoms with Crippen molar-refractivity contribution in [3.8, 4) is 11.4 Å². The summed E-state index contributed by atoms with van der Waals surface area (Å²) in [5.41, 5.74) is 0.763. The molecular formula is C12H13N3O2. The molecule has 0 fully saturated rings. The lowest BCUT2D eigenvalue weighted by atomic mass is 10.3. The van der Waals surface area contributed by atoms with Crippen LogP contribution in [0.25, 0.3) is 5.69 Å². The zero-order valence-electron chi connectivity index (χ0n) is 9.42. The van der Waals surface area contributed by atoms with Gasteiger partial charge in [-0.2, -0.15) is 9.78 Å². The number of para-hydroxylation sites is 1. The molecule has 17 heavy (non-hydrogen) atoms. The summed E-state index contributed by atoms with van der Waals surface area (Å²) in [7, 11) is 1.75. The fourth-order valence-corrected chi connectivity index (χ4v) is 1.53. The molecule has 0 radical (unpaired) electrons. The van der Waals surface area contributed by atoms with Crippen LogP contribution in [0.2, 0.25) is 0 Å². The lowest BCUT2D eigenvalue weighted by Gasteiger charge is -2.08. The van der Waals surface area contributed by atoms with Gasteiger partial charge in [-0.05, 0) is 19.2 Å². The summed E-state index contributed by atoms with van der Waals surface area (Å²) in [6.45, 7) is 0.402. The summed E-state index contributed by atoms with van der Waals surface area (Å²) in [6.07, 6.45) is 0. The smallest absolute Gasteiger partial charge is 0.275 e. The Balaban J connectivity index is 2.55. The molecule has 2 aromatic rings. The molecule has 0 aliphatic heterocycles. The monoisotopic (exact) mass is 231 g/mol. The summed E-state index contributed by atoms with van der Waals surface area (Å²) in [6, 6.07) is 10.3. The van der Waals surface area contributed by atoms with Gasteiger partial charge in [0, 0.05) is 12.6 Å². The van der Waals surface area contributed by atoms with Crippen LogP contribution in [0.5, 0.6) is 5.75 Å². The number of rotatable bonds is 3. The minimum absolute atomic E-state index is 0.0865. The molecular weight excluding hydrogens is 218 g/mol. The van der Waals surface area contributed by atoms with Gasteiger partial charge >= 0.3 is 0 Å². The zero-order valence-corrected chi connectivity index (χ0v) is 9.42. The molecule has 0 aliphatic carbocycles. The van der Waals surface area contributed by atoms with Gasteiger partial charge in [0.25, 0.3) is 5.56 Å². The Hall–Kier alpha value is -2.14. The minimum Gasteiger partial charge on any atom is -0.506 e. The Morgan fingerprint density at radius 1 is 1.35 bits per heavy atom. The quantitative estimate of drug-likeness (QED) is 0.814. The van der Waals surface area contributed by atoms with Crippen LogP contribution in [-0.4, -0.2) is 21.9 Å². The van der Waals surface area contributed by atoms with Crippen molar-refractivity contribution in [2.45, 2.75) is 6.54 Å². The molecule has 0 unspecified atom stereocenters. The normalized spacial score (nSPS) is 10.4. The van der Waals surface area contributed by atoms with E-state index in [0.29, 0.717) is 17.9 Å². The maximum atomic E-state index is 11.7. The second-order valence-corrected chi connectivity index (χ2v) is 3.59. The third-order valence-corrected chi connectivity index (χ3v) is 2.33. The highest BCUT2D eigenvalue weighted by Crippen LogP contribution is 2.11. The number of nitrogens with zero attached hydrogens (tertiary/aromatic N) is 2. The molecule has 0 spiro atoms. The standard InChI is InChI=1S/C12H13N3O2/c1-13-8-10-11(16)7-12(17)15(14-10)9-5-3-2-4-6-9/h2-7,13,16H,8H2,1H3. The molecule has 0 saturated carbocycles. The van der Waals surface area contributed by atoms with E-state index in [1.165, 1.54) is 10.7 Å². The summed E-state index contributed by atoms with van der Waals surface area (Å²) in [4.78, 5) is 11.7. The largest absolute Gasteiger partial charge is 0.506 e. The lowest BCUT2D eigenvalue weighted by Crippen LogP contribution is -2.23. The highest BCUT2D eigenvalue weighted by atomic mass is 16.3. The molecule has 2 N–H and O–H groups in total. The van der Waals surface area contributed by atoms with Crippen LogP contribution < -0.4 is 10.9 Å². The van der Waals surface area contributed by atoms with E-state index in [1.54, 1.807) is 19.2 Å².